The lowest BCUT2D eigenvalue weighted by molar-refractivity contribution is -0.126. The molecule has 0 spiro atoms. The van der Waals surface area contributed by atoms with Crippen LogP contribution in [0.1, 0.15) is 104 Å². The van der Waals surface area contributed by atoms with E-state index < -0.39 is 6.04 Å². The van der Waals surface area contributed by atoms with Crippen molar-refractivity contribution in [2.75, 3.05) is 5.75 Å². The van der Waals surface area contributed by atoms with Crippen molar-refractivity contribution in [2.24, 2.45) is 0 Å². The van der Waals surface area contributed by atoms with Gasteiger partial charge in [-0.05, 0) is 39.0 Å². The molecule has 1 amide bonds. The van der Waals surface area contributed by atoms with E-state index in [0.29, 0.717) is 12.2 Å². The number of Topliss-reactive ketones (excluding diaryl/α,β-unsaturated/α-hetero) is 1. The van der Waals surface area contributed by atoms with Crippen LogP contribution in [0.3, 0.4) is 0 Å². The molecule has 0 saturated heterocycles. The molecule has 1 N–H and O–H groups in total. The third kappa shape index (κ3) is 16.7. The Morgan fingerprint density at radius 1 is 0.846 bits per heavy atom. The number of hydrogen-bond acceptors (Lipinski definition) is 3. The van der Waals surface area contributed by atoms with E-state index in [1.54, 1.807) is 0 Å². The average molecular weight is 384 g/mol. The van der Waals surface area contributed by atoms with Crippen molar-refractivity contribution in [1.82, 2.24) is 5.32 Å². The van der Waals surface area contributed by atoms with E-state index in [4.69, 9.17) is 0 Å². The molecule has 0 aliphatic heterocycles. The van der Waals surface area contributed by atoms with Crippen LogP contribution in [-0.4, -0.2) is 23.5 Å². The van der Waals surface area contributed by atoms with Crippen LogP contribution < -0.4 is 5.32 Å². The molecule has 0 aliphatic rings. The Morgan fingerprint density at radius 2 is 1.35 bits per heavy atom. The summed E-state index contributed by atoms with van der Waals surface area (Å²) in [7, 11) is 0. The number of nitrogens with one attached hydrogen (secondary N) is 1. The molecule has 0 heterocycles. The van der Waals surface area contributed by atoms with Gasteiger partial charge in [0.25, 0.3) is 0 Å². The number of unbranched alkanes of at least 4 members (excludes halogenated alkanes) is 11. The quantitative estimate of drug-likeness (QED) is 0.172. The molecule has 0 rings (SSSR count). The fourth-order valence-electron chi connectivity index (χ4n) is 2.90. The predicted octanol–water partition coefficient (Wildman–Crippen LogP) is 6.03. The topological polar surface area (TPSA) is 46.2 Å². The molecule has 0 radical (unpaired) electrons. The Morgan fingerprint density at radius 3 is 1.85 bits per heavy atom. The van der Waals surface area contributed by atoms with Gasteiger partial charge in [-0.1, -0.05) is 70.4 Å². The molecule has 4 heteroatoms. The van der Waals surface area contributed by atoms with Crippen molar-refractivity contribution in [3.8, 4) is 0 Å². The third-order valence-corrected chi connectivity index (χ3v) is 5.04. The summed E-state index contributed by atoms with van der Waals surface area (Å²) in [4.78, 5) is 23.0. The highest BCUT2D eigenvalue weighted by Gasteiger charge is 2.14. The van der Waals surface area contributed by atoms with E-state index in [9.17, 15) is 9.59 Å². The molecule has 0 aromatic rings. The third-order valence-electron chi connectivity index (χ3n) is 4.67. The molecule has 3 nitrogen and oxygen atoms in total. The zero-order valence-electron chi connectivity index (χ0n) is 17.1. The van der Waals surface area contributed by atoms with Gasteiger partial charge in [-0.25, -0.2) is 0 Å². The molecule has 0 bridgehead atoms. The molecule has 0 saturated carbocycles. The summed E-state index contributed by atoms with van der Waals surface area (Å²) >= 11 is 4.09. The lowest BCUT2D eigenvalue weighted by Gasteiger charge is -2.12. The van der Waals surface area contributed by atoms with Gasteiger partial charge in [-0.15, -0.1) is 0 Å². The van der Waals surface area contributed by atoms with Crippen LogP contribution in [0.15, 0.2) is 12.2 Å². The van der Waals surface area contributed by atoms with Gasteiger partial charge in [0.1, 0.15) is 0 Å². The zero-order valence-corrected chi connectivity index (χ0v) is 18.0. The second-order valence-corrected chi connectivity index (χ2v) is 7.61. The summed E-state index contributed by atoms with van der Waals surface area (Å²) in [6.45, 7) is 3.75. The number of carbonyl (C=O) groups excluding carboxylic acids is 2. The maximum atomic E-state index is 11.7. The summed E-state index contributed by atoms with van der Waals surface area (Å²) in [6, 6.07) is -0.436. The van der Waals surface area contributed by atoms with Crippen LogP contribution in [-0.2, 0) is 9.59 Å². The van der Waals surface area contributed by atoms with E-state index in [2.05, 4.69) is 37.0 Å². The SMILES string of the molecule is CCCCCCCC/C=C/CCCCCCCC(=O)NC(CS)C(C)=O. The first kappa shape index (κ1) is 25.2. The fourth-order valence-corrected chi connectivity index (χ4v) is 3.25. The number of allylic oxidation sites excluding steroid dienone is 2. The van der Waals surface area contributed by atoms with E-state index >= 15 is 0 Å². The number of ketones is 1. The molecule has 26 heavy (non-hydrogen) atoms. The monoisotopic (exact) mass is 383 g/mol. The van der Waals surface area contributed by atoms with Crippen molar-refractivity contribution in [3.63, 3.8) is 0 Å². The van der Waals surface area contributed by atoms with Gasteiger partial charge in [0, 0.05) is 12.2 Å². The highest BCUT2D eigenvalue weighted by molar-refractivity contribution is 7.80. The van der Waals surface area contributed by atoms with Crippen LogP contribution in [0, 0.1) is 0 Å². The first-order valence-electron chi connectivity index (χ1n) is 10.7. The maximum Gasteiger partial charge on any atom is 0.220 e. The number of amides is 1. The molecule has 1 atom stereocenters. The van der Waals surface area contributed by atoms with E-state index in [1.165, 1.54) is 77.6 Å². The largest absolute Gasteiger partial charge is 0.345 e. The van der Waals surface area contributed by atoms with E-state index in [0.717, 1.165) is 12.8 Å². The molecule has 0 fully saturated rings. The Balaban J connectivity index is 3.36. The van der Waals surface area contributed by atoms with Crippen LogP contribution in [0.25, 0.3) is 0 Å². The Labute approximate surface area is 167 Å². The lowest BCUT2D eigenvalue weighted by atomic mass is 10.1. The maximum absolute atomic E-state index is 11.7. The first-order valence-corrected chi connectivity index (χ1v) is 11.3. The minimum absolute atomic E-state index is 0.0297. The highest BCUT2D eigenvalue weighted by Crippen LogP contribution is 2.10. The molecule has 152 valence electrons. The summed E-state index contributed by atoms with van der Waals surface area (Å²) in [5.41, 5.74) is 0. The molecular formula is C22H41NO2S. The van der Waals surface area contributed by atoms with Crippen LogP contribution in [0.5, 0.6) is 0 Å². The van der Waals surface area contributed by atoms with Crippen molar-refractivity contribution < 1.29 is 9.59 Å². The van der Waals surface area contributed by atoms with Crippen LogP contribution in [0.4, 0.5) is 0 Å². The minimum atomic E-state index is -0.436. The van der Waals surface area contributed by atoms with Gasteiger partial charge in [-0.2, -0.15) is 12.6 Å². The van der Waals surface area contributed by atoms with Gasteiger partial charge in [0.2, 0.25) is 5.91 Å². The summed E-state index contributed by atoms with van der Waals surface area (Å²) in [5.74, 6) is 0.308. The van der Waals surface area contributed by atoms with Gasteiger partial charge >= 0.3 is 0 Å². The van der Waals surface area contributed by atoms with E-state index in [1.807, 2.05) is 0 Å². The normalized spacial score (nSPS) is 12.4. The second kappa shape index (κ2) is 19.0. The number of hydrogen-bond donors (Lipinski definition) is 2. The van der Waals surface area contributed by atoms with Gasteiger partial charge in [0.05, 0.1) is 6.04 Å². The van der Waals surface area contributed by atoms with Gasteiger partial charge < -0.3 is 5.32 Å². The van der Waals surface area contributed by atoms with E-state index in [-0.39, 0.29) is 11.7 Å². The first-order chi connectivity index (χ1) is 12.6. The van der Waals surface area contributed by atoms with Gasteiger partial charge in [-0.3, -0.25) is 9.59 Å². The summed E-state index contributed by atoms with van der Waals surface area (Å²) in [5, 5.41) is 2.74. The van der Waals surface area contributed by atoms with Crippen molar-refractivity contribution in [1.29, 1.82) is 0 Å². The fraction of sp³-hybridized carbons (Fsp3) is 0.818. The van der Waals surface area contributed by atoms with Crippen molar-refractivity contribution in [3.05, 3.63) is 12.2 Å². The number of rotatable bonds is 18. The minimum Gasteiger partial charge on any atom is -0.345 e. The Kier molecular flexibility index (Phi) is 18.4. The van der Waals surface area contributed by atoms with Crippen molar-refractivity contribution >= 4 is 24.3 Å². The highest BCUT2D eigenvalue weighted by atomic mass is 32.1. The molecule has 0 aromatic heterocycles. The number of thiol groups is 1. The van der Waals surface area contributed by atoms with Crippen molar-refractivity contribution in [2.45, 2.75) is 110 Å². The molecule has 0 aliphatic carbocycles. The zero-order chi connectivity index (χ0) is 19.5. The van der Waals surface area contributed by atoms with Crippen LogP contribution in [0.2, 0.25) is 0 Å². The number of carbonyl (C=O) groups is 2. The second-order valence-electron chi connectivity index (χ2n) is 7.25. The van der Waals surface area contributed by atoms with Crippen LogP contribution >= 0.6 is 12.6 Å². The summed E-state index contributed by atoms with van der Waals surface area (Å²) in [6.07, 6.45) is 21.4. The molecule has 1 unspecified atom stereocenters. The molecular weight excluding hydrogens is 342 g/mol. The van der Waals surface area contributed by atoms with Gasteiger partial charge in [0.15, 0.2) is 5.78 Å². The smallest absolute Gasteiger partial charge is 0.220 e. The lowest BCUT2D eigenvalue weighted by Crippen LogP contribution is -2.40. The summed E-state index contributed by atoms with van der Waals surface area (Å²) < 4.78 is 0. The molecule has 0 aromatic carbocycles. The Hall–Kier alpha value is -0.770. The standard InChI is InChI=1S/C22H41NO2S/c1-3-4-5-6-7-8-9-10-11-12-13-14-15-16-17-18-22(25)23-21(19-26)20(2)24/h10-11,21,26H,3-9,12-19H2,1-2H3,(H,23,25)/b11-10+. The average Bonchev–Trinajstić information content (AvgIpc) is 2.62. The predicted molar refractivity (Wildman–Crippen MR) is 116 cm³/mol. The Bertz CT molecular complexity index is 382.